The first-order chi connectivity index (χ1) is 38.8. The number of hydrogen-bond acceptors (Lipinski definition) is 11. The fraction of sp³-hybridized carbons (Fsp3) is 1.00. The van der Waals surface area contributed by atoms with Crippen LogP contribution >= 0.6 is 0 Å². The van der Waals surface area contributed by atoms with E-state index in [-0.39, 0.29) is 43.8 Å². The van der Waals surface area contributed by atoms with Crippen molar-refractivity contribution in [1.82, 2.24) is 12.9 Å². The summed E-state index contributed by atoms with van der Waals surface area (Å²) in [5.74, 6) is 1.94. The summed E-state index contributed by atoms with van der Waals surface area (Å²) in [6.07, 6.45) is 12.2. The Balaban J connectivity index is -0.000000307. The smallest absolute Gasteiger partial charge is 0.216 e. The molecule has 538 valence electrons. The molecule has 17 heteroatoms. The number of hydrogen-bond donors (Lipinski definition) is 5. The lowest BCUT2D eigenvalue weighted by Gasteiger charge is -2.34. The van der Waals surface area contributed by atoms with Crippen LogP contribution in [-0.4, -0.2) is 145 Å². The number of nitrogens with zero attached hydrogens (tertiary/aromatic N) is 3. The highest BCUT2D eigenvalue weighted by Gasteiger charge is 2.40. The Morgan fingerprint density at radius 1 is 0.489 bits per heavy atom. The molecule has 2 aliphatic rings. The molecule has 2 fully saturated rings. The predicted molar refractivity (Wildman–Crippen MR) is 382 cm³/mol. The van der Waals surface area contributed by atoms with Crippen molar-refractivity contribution in [3.63, 3.8) is 0 Å². The molecule has 2 rings (SSSR count). The average Bonchev–Trinajstić information content (AvgIpc) is 4.12. The van der Waals surface area contributed by atoms with Gasteiger partial charge in [0.05, 0.1) is 29.0 Å². The van der Waals surface area contributed by atoms with Gasteiger partial charge in [-0.3, -0.25) is 0 Å². The minimum Gasteiger partial charge on any atom is -0.396 e. The Bertz CT molecular complexity index is 2100. The first-order valence-corrected chi connectivity index (χ1v) is 39.1. The lowest BCUT2D eigenvalue weighted by atomic mass is 9.74. The van der Waals surface area contributed by atoms with Gasteiger partial charge in [-0.1, -0.05) is 239 Å². The van der Waals surface area contributed by atoms with E-state index in [4.69, 9.17) is 5.11 Å². The van der Waals surface area contributed by atoms with E-state index in [1.807, 2.05) is 20.8 Å². The normalized spacial score (nSPS) is 18.5. The van der Waals surface area contributed by atoms with Gasteiger partial charge in [0.2, 0.25) is 30.1 Å². The van der Waals surface area contributed by atoms with Gasteiger partial charge in [0.1, 0.15) is 0 Å². The van der Waals surface area contributed by atoms with Crippen LogP contribution in [-0.2, 0) is 30.1 Å². The number of sulfonamides is 3. The van der Waals surface area contributed by atoms with Gasteiger partial charge in [0.15, 0.2) is 5.79 Å². The molecule has 88 heavy (non-hydrogen) atoms. The summed E-state index contributed by atoms with van der Waals surface area (Å²) in [5.41, 5.74) is 0.971. The number of rotatable bonds is 22. The zero-order valence-corrected chi connectivity index (χ0v) is 67.1. The van der Waals surface area contributed by atoms with Gasteiger partial charge in [-0.05, 0) is 133 Å². The number of aliphatic hydroxyl groups excluding tert-OH is 2. The quantitative estimate of drug-likeness (QED) is 0.0643. The summed E-state index contributed by atoms with van der Waals surface area (Å²) < 4.78 is 74.5. The first kappa shape index (κ1) is 96.2. The number of aliphatic hydroxyl groups is 5. The zero-order chi connectivity index (χ0) is 71.7. The fourth-order valence-electron chi connectivity index (χ4n) is 11.6. The molecule has 1 unspecified atom stereocenters. The van der Waals surface area contributed by atoms with Gasteiger partial charge in [-0.15, -0.1) is 0 Å². The largest absolute Gasteiger partial charge is 0.396 e. The molecule has 0 bridgehead atoms. The highest BCUT2D eigenvalue weighted by molar-refractivity contribution is 7.90. The van der Waals surface area contributed by atoms with Crippen LogP contribution in [0, 0.1) is 79.3 Å². The van der Waals surface area contributed by atoms with Crippen molar-refractivity contribution in [1.29, 1.82) is 0 Å². The van der Waals surface area contributed by atoms with E-state index in [1.54, 1.807) is 22.7 Å². The Labute approximate surface area is 550 Å². The zero-order valence-electron chi connectivity index (χ0n) is 64.7. The molecule has 0 spiro atoms. The maximum Gasteiger partial charge on any atom is 0.216 e. The van der Waals surface area contributed by atoms with E-state index < -0.39 is 41.5 Å². The van der Waals surface area contributed by atoms with Crippen LogP contribution < -0.4 is 0 Å². The van der Waals surface area contributed by atoms with E-state index in [0.29, 0.717) is 85.3 Å². The maximum absolute atomic E-state index is 12.0. The minimum atomic E-state index is -3.03. The van der Waals surface area contributed by atoms with Crippen molar-refractivity contribution in [2.75, 3.05) is 58.9 Å². The van der Waals surface area contributed by atoms with Crippen molar-refractivity contribution >= 4 is 30.1 Å². The molecule has 0 aromatic carbocycles. The second kappa shape index (κ2) is 40.2. The summed E-state index contributed by atoms with van der Waals surface area (Å²) in [6.45, 7) is 70.7. The lowest BCUT2D eigenvalue weighted by Crippen LogP contribution is -2.38. The molecule has 1 heterocycles. The van der Waals surface area contributed by atoms with Crippen molar-refractivity contribution in [2.45, 2.75) is 321 Å². The Morgan fingerprint density at radius 3 is 0.966 bits per heavy atom. The van der Waals surface area contributed by atoms with Crippen LogP contribution in [0.1, 0.15) is 299 Å². The Kier molecular flexibility index (Phi) is 43.9. The fourth-order valence-corrected chi connectivity index (χ4v) is 15.2. The van der Waals surface area contributed by atoms with Gasteiger partial charge in [0, 0.05) is 53.3 Å². The lowest BCUT2D eigenvalue weighted by molar-refractivity contribution is -0.164. The van der Waals surface area contributed by atoms with Crippen LogP contribution in [0.25, 0.3) is 0 Å². The highest BCUT2D eigenvalue weighted by Crippen LogP contribution is 2.38. The summed E-state index contributed by atoms with van der Waals surface area (Å²) in [6, 6.07) is 0. The van der Waals surface area contributed by atoms with Crippen LogP contribution in [0.2, 0.25) is 0 Å². The second-order valence-corrected chi connectivity index (χ2v) is 41.2. The van der Waals surface area contributed by atoms with Crippen molar-refractivity contribution in [3.05, 3.63) is 0 Å². The maximum atomic E-state index is 12.0. The van der Waals surface area contributed by atoms with Crippen LogP contribution in [0.3, 0.4) is 0 Å². The van der Waals surface area contributed by atoms with Crippen LogP contribution in [0.15, 0.2) is 0 Å². The molecule has 5 N–H and O–H groups in total. The SMILES string of the molecule is CC[C@@H](C(C)O)C(C)(C)C.CC[C@@H](CC(C)(C)O)C(C)(C)C.CC[C@@H](CC(C)(O)O)C(C)(C)C.CC[C@@H](CN(C)S(=O)(=O)C1CC1)C(C)(C)C.CC[C@@H](CN(C)S(C)(=O)=O)C(C)(C)C.CC[C@@H](CN1CCCS1(=O)=O)C(C)(C)C.CC[C@@H](CO)C(C)(C)C. The van der Waals surface area contributed by atoms with Crippen LogP contribution in [0.4, 0.5) is 0 Å². The average molecular weight is 1320 g/mol. The summed E-state index contributed by atoms with van der Waals surface area (Å²) in [7, 11) is -5.59. The topological polar surface area (TPSA) is 213 Å². The molecule has 1 aliphatic heterocycles. The summed E-state index contributed by atoms with van der Waals surface area (Å²) in [5, 5.41) is 46.3. The van der Waals surface area contributed by atoms with Crippen molar-refractivity contribution in [3.8, 4) is 0 Å². The third kappa shape index (κ3) is 44.2. The molecule has 0 aromatic heterocycles. The van der Waals surface area contributed by atoms with E-state index in [0.717, 1.165) is 77.2 Å². The molecule has 0 radical (unpaired) electrons. The molecular weight excluding hydrogens is 1170 g/mol. The monoisotopic (exact) mass is 1320 g/mol. The van der Waals surface area contributed by atoms with Crippen LogP contribution in [0.5, 0.6) is 0 Å². The molecule has 1 saturated carbocycles. The Morgan fingerprint density at radius 2 is 0.807 bits per heavy atom. The van der Waals surface area contributed by atoms with Crippen molar-refractivity contribution in [2.24, 2.45) is 79.3 Å². The first-order valence-electron chi connectivity index (χ1n) is 34.1. The van der Waals surface area contributed by atoms with E-state index in [9.17, 15) is 45.7 Å². The molecule has 1 aliphatic carbocycles. The van der Waals surface area contributed by atoms with Gasteiger partial charge in [0.25, 0.3) is 0 Å². The minimum absolute atomic E-state index is 0.0880. The van der Waals surface area contributed by atoms with E-state index >= 15 is 0 Å². The molecule has 8 atom stereocenters. The summed E-state index contributed by atoms with van der Waals surface area (Å²) >= 11 is 0. The molecular formula is C71H155N3O11S3. The third-order valence-electron chi connectivity index (χ3n) is 18.6. The van der Waals surface area contributed by atoms with E-state index in [1.165, 1.54) is 17.5 Å². The van der Waals surface area contributed by atoms with Gasteiger partial charge < -0.3 is 25.5 Å². The molecule has 1 saturated heterocycles. The van der Waals surface area contributed by atoms with Gasteiger partial charge in [-0.2, -0.15) is 0 Å². The standard InChI is InChI=1S/C12H25NO2S.C11H23NO2S.C11H24O.C10H23NO2S.C10H22O2.C9H20O.C8H18O/c1-6-10(12(2,3)4)9-13(5)16(14,15)11-7-8-11;1-5-10(11(2,3)4)9-12-7-6-8-15(12,13)14;1-7-9(10(2,3)4)8-11(5,6)12;1-7-9(10(2,3)4)8-11(5)14(6,12)13;1-6-8(9(2,3)4)7-10(5,11)12;1-6-8(7(2)10)9(3,4)5;1-5-7(6-9)8(2,3)4/h10-11H,6-9H2,1-5H3;10H,5-9H2,1-4H3;9,12H,7-8H2,1-6H3;9H,7-8H2,1-6H3;8,11-12H,6-7H2,1-5H3;7-8,10H,6H2,1-5H3;7,9H,5-6H2,1-4H3/t2*10-;2*9-;8-;7?,8-;7-/m0000000/s1. The molecule has 0 aromatic rings. The van der Waals surface area contributed by atoms with Gasteiger partial charge >= 0.3 is 0 Å². The second-order valence-electron chi connectivity index (χ2n) is 34.7. The highest BCUT2D eigenvalue weighted by atomic mass is 32.2. The Hall–Kier alpha value is -0.470. The van der Waals surface area contributed by atoms with E-state index in [2.05, 4.69) is 194 Å². The van der Waals surface area contributed by atoms with Gasteiger partial charge in [-0.25, -0.2) is 38.2 Å². The third-order valence-corrected chi connectivity index (χ3v) is 24.1. The molecule has 0 amide bonds. The molecule has 14 nitrogen and oxygen atoms in total. The predicted octanol–water partition coefficient (Wildman–Crippen LogP) is 16.4. The summed E-state index contributed by atoms with van der Waals surface area (Å²) in [4.78, 5) is 0. The van der Waals surface area contributed by atoms with Crippen molar-refractivity contribution < 1.29 is 50.8 Å².